The number of nitrogens with one attached hydrogen (secondary N) is 1. The van der Waals surface area contributed by atoms with Crippen molar-refractivity contribution in [3.05, 3.63) is 35.9 Å². The number of carbonyl (C=O) groups excluding carboxylic acids is 2. The zero-order valence-electron chi connectivity index (χ0n) is 13.4. The van der Waals surface area contributed by atoms with Gasteiger partial charge in [0.1, 0.15) is 0 Å². The van der Waals surface area contributed by atoms with Crippen LogP contribution in [0.15, 0.2) is 30.3 Å². The van der Waals surface area contributed by atoms with Crippen LogP contribution in [0, 0.1) is 11.8 Å². The number of aliphatic carboxylic acids is 1. The molecule has 0 radical (unpaired) electrons. The van der Waals surface area contributed by atoms with Crippen LogP contribution in [0.3, 0.4) is 0 Å². The molecule has 2 saturated heterocycles. The molecule has 7 heteroatoms. The molecule has 0 spiro atoms. The molecule has 128 valence electrons. The molecule has 0 saturated carbocycles. The first-order valence-corrected chi connectivity index (χ1v) is 8.09. The summed E-state index contributed by atoms with van der Waals surface area (Å²) in [7, 11) is 0. The monoisotopic (exact) mass is 331 g/mol. The number of benzene rings is 1. The number of rotatable bonds is 4. The normalized spacial score (nSPS) is 24.7. The van der Waals surface area contributed by atoms with Crippen LogP contribution in [0.1, 0.15) is 5.56 Å². The van der Waals surface area contributed by atoms with E-state index in [9.17, 15) is 19.5 Å². The first kappa shape index (κ1) is 16.4. The first-order valence-electron chi connectivity index (χ1n) is 8.09. The van der Waals surface area contributed by atoms with E-state index in [0.29, 0.717) is 32.7 Å². The Balaban J connectivity index is 1.70. The van der Waals surface area contributed by atoms with E-state index in [-0.39, 0.29) is 18.4 Å². The highest BCUT2D eigenvalue weighted by molar-refractivity contribution is 5.90. The van der Waals surface area contributed by atoms with Crippen molar-refractivity contribution in [1.82, 2.24) is 15.1 Å². The molecule has 0 unspecified atom stereocenters. The molecule has 2 amide bonds. The SMILES string of the molecule is O=C1CN(C(=O)[C@H]2CN(Cc3ccccc3)C[C@H]2C(=O)O)CCN1. The molecule has 0 aliphatic carbocycles. The molecule has 1 aromatic rings. The van der Waals surface area contributed by atoms with E-state index in [1.165, 1.54) is 4.90 Å². The lowest BCUT2D eigenvalue weighted by Crippen LogP contribution is -2.52. The van der Waals surface area contributed by atoms with Gasteiger partial charge in [-0.1, -0.05) is 30.3 Å². The third-order valence-corrected chi connectivity index (χ3v) is 4.63. The maximum Gasteiger partial charge on any atom is 0.308 e. The zero-order valence-corrected chi connectivity index (χ0v) is 13.4. The molecule has 2 atom stereocenters. The van der Waals surface area contributed by atoms with Crippen LogP contribution >= 0.6 is 0 Å². The van der Waals surface area contributed by atoms with E-state index >= 15 is 0 Å². The van der Waals surface area contributed by atoms with Crippen molar-refractivity contribution in [2.24, 2.45) is 11.8 Å². The Morgan fingerprint density at radius 3 is 2.54 bits per heavy atom. The van der Waals surface area contributed by atoms with E-state index in [0.717, 1.165) is 5.56 Å². The Morgan fingerprint density at radius 1 is 1.17 bits per heavy atom. The van der Waals surface area contributed by atoms with Gasteiger partial charge in [0.25, 0.3) is 0 Å². The van der Waals surface area contributed by atoms with Gasteiger partial charge in [0.15, 0.2) is 0 Å². The predicted molar refractivity (Wildman–Crippen MR) is 85.9 cm³/mol. The van der Waals surface area contributed by atoms with E-state index in [1.54, 1.807) is 0 Å². The molecule has 0 bridgehead atoms. The molecule has 1 aromatic carbocycles. The maximum atomic E-state index is 12.7. The number of likely N-dealkylation sites (tertiary alicyclic amines) is 1. The van der Waals surface area contributed by atoms with Crippen molar-refractivity contribution < 1.29 is 19.5 Å². The number of hydrogen-bond acceptors (Lipinski definition) is 4. The second-order valence-electron chi connectivity index (χ2n) is 6.34. The fourth-order valence-corrected chi connectivity index (χ4v) is 3.42. The van der Waals surface area contributed by atoms with Gasteiger partial charge in [0, 0.05) is 32.7 Å². The fraction of sp³-hybridized carbons (Fsp3) is 0.471. The van der Waals surface area contributed by atoms with Gasteiger partial charge in [0.2, 0.25) is 11.8 Å². The van der Waals surface area contributed by atoms with E-state index in [2.05, 4.69) is 5.32 Å². The van der Waals surface area contributed by atoms with Crippen molar-refractivity contribution in [3.63, 3.8) is 0 Å². The van der Waals surface area contributed by atoms with Crippen LogP contribution < -0.4 is 5.32 Å². The number of piperazine rings is 1. The minimum atomic E-state index is -0.953. The first-order chi connectivity index (χ1) is 11.5. The summed E-state index contributed by atoms with van der Waals surface area (Å²) in [6, 6.07) is 9.78. The highest BCUT2D eigenvalue weighted by Crippen LogP contribution is 2.27. The summed E-state index contributed by atoms with van der Waals surface area (Å²) >= 11 is 0. The summed E-state index contributed by atoms with van der Waals surface area (Å²) in [4.78, 5) is 39.3. The largest absolute Gasteiger partial charge is 0.481 e. The Morgan fingerprint density at radius 2 is 1.88 bits per heavy atom. The van der Waals surface area contributed by atoms with Crippen LogP contribution in [0.25, 0.3) is 0 Å². The molecule has 3 rings (SSSR count). The summed E-state index contributed by atoms with van der Waals surface area (Å²) in [5.41, 5.74) is 1.09. The van der Waals surface area contributed by atoms with Crippen LogP contribution in [0.4, 0.5) is 0 Å². The minimum absolute atomic E-state index is 0.0142. The number of carboxylic acids is 1. The van der Waals surface area contributed by atoms with E-state index < -0.39 is 17.8 Å². The Bertz CT molecular complexity index is 634. The van der Waals surface area contributed by atoms with Crippen molar-refractivity contribution in [2.75, 3.05) is 32.7 Å². The van der Waals surface area contributed by atoms with Gasteiger partial charge in [-0.05, 0) is 5.56 Å². The predicted octanol–water partition coefficient (Wildman–Crippen LogP) is -0.222. The summed E-state index contributed by atoms with van der Waals surface area (Å²) in [5.74, 6) is -2.71. The molecule has 2 fully saturated rings. The average Bonchev–Trinajstić information content (AvgIpc) is 2.99. The van der Waals surface area contributed by atoms with Crippen molar-refractivity contribution in [2.45, 2.75) is 6.54 Å². The maximum absolute atomic E-state index is 12.7. The van der Waals surface area contributed by atoms with Gasteiger partial charge in [-0.3, -0.25) is 19.3 Å². The standard InChI is InChI=1S/C17H21N3O4/c21-15-11-20(7-6-18-15)16(22)13-9-19(10-14(13)17(23)24)8-12-4-2-1-3-5-12/h1-5,13-14H,6-11H2,(H,18,21)(H,23,24)/t13-,14+/m0/s1. The number of carboxylic acid groups (broad SMARTS) is 1. The summed E-state index contributed by atoms with van der Waals surface area (Å²) in [6.07, 6.45) is 0. The van der Waals surface area contributed by atoms with E-state index in [4.69, 9.17) is 0 Å². The lowest BCUT2D eigenvalue weighted by molar-refractivity contribution is -0.149. The topological polar surface area (TPSA) is 90.0 Å². The fourth-order valence-electron chi connectivity index (χ4n) is 3.42. The Hall–Kier alpha value is -2.41. The molecular formula is C17H21N3O4. The molecule has 2 aliphatic heterocycles. The molecule has 2 N–H and O–H groups in total. The molecule has 2 aliphatic rings. The quantitative estimate of drug-likeness (QED) is 0.796. The van der Waals surface area contributed by atoms with E-state index in [1.807, 2.05) is 35.2 Å². The number of nitrogens with zero attached hydrogens (tertiary/aromatic N) is 2. The Kier molecular flexibility index (Phi) is 4.80. The van der Waals surface area contributed by atoms with Gasteiger partial charge < -0.3 is 15.3 Å². The van der Waals surface area contributed by atoms with Crippen LogP contribution in [0.2, 0.25) is 0 Å². The Labute approximate surface area is 140 Å². The van der Waals surface area contributed by atoms with Gasteiger partial charge >= 0.3 is 5.97 Å². The number of amides is 2. The van der Waals surface area contributed by atoms with Crippen molar-refractivity contribution in [3.8, 4) is 0 Å². The highest BCUT2D eigenvalue weighted by Gasteiger charge is 2.43. The second kappa shape index (κ2) is 7.00. The summed E-state index contributed by atoms with van der Waals surface area (Å²) in [6.45, 7) is 2.24. The minimum Gasteiger partial charge on any atom is -0.481 e. The van der Waals surface area contributed by atoms with Crippen LogP contribution in [-0.4, -0.2) is 65.4 Å². The number of carbonyl (C=O) groups is 3. The zero-order chi connectivity index (χ0) is 17.1. The van der Waals surface area contributed by atoms with Crippen molar-refractivity contribution in [1.29, 1.82) is 0 Å². The molecular weight excluding hydrogens is 310 g/mol. The lowest BCUT2D eigenvalue weighted by Gasteiger charge is -2.29. The molecule has 7 nitrogen and oxygen atoms in total. The molecule has 24 heavy (non-hydrogen) atoms. The van der Waals surface area contributed by atoms with Gasteiger partial charge in [-0.15, -0.1) is 0 Å². The van der Waals surface area contributed by atoms with Gasteiger partial charge in [-0.25, -0.2) is 0 Å². The van der Waals surface area contributed by atoms with Crippen molar-refractivity contribution >= 4 is 17.8 Å². The third-order valence-electron chi connectivity index (χ3n) is 4.63. The summed E-state index contributed by atoms with van der Waals surface area (Å²) in [5, 5.41) is 12.2. The van der Waals surface area contributed by atoms with Gasteiger partial charge in [0.05, 0.1) is 18.4 Å². The van der Waals surface area contributed by atoms with Gasteiger partial charge in [-0.2, -0.15) is 0 Å². The molecule has 0 aromatic heterocycles. The second-order valence-corrected chi connectivity index (χ2v) is 6.34. The number of hydrogen-bond donors (Lipinski definition) is 2. The van der Waals surface area contributed by atoms with Crippen LogP contribution in [-0.2, 0) is 20.9 Å². The highest BCUT2D eigenvalue weighted by atomic mass is 16.4. The smallest absolute Gasteiger partial charge is 0.308 e. The third kappa shape index (κ3) is 3.56. The summed E-state index contributed by atoms with van der Waals surface area (Å²) < 4.78 is 0. The average molecular weight is 331 g/mol. The molecule has 2 heterocycles. The lowest BCUT2D eigenvalue weighted by atomic mass is 9.94. The van der Waals surface area contributed by atoms with Crippen LogP contribution in [0.5, 0.6) is 0 Å².